The zero-order valence-corrected chi connectivity index (χ0v) is 15.1. The molecule has 0 aliphatic carbocycles. The number of nitrogens with zero attached hydrogens (tertiary/aromatic N) is 3. The van der Waals surface area contributed by atoms with Crippen LogP contribution in [-0.4, -0.2) is 33.9 Å². The Morgan fingerprint density at radius 2 is 1.92 bits per heavy atom. The molecular weight excluding hydrogens is 354 g/mol. The highest BCUT2D eigenvalue weighted by molar-refractivity contribution is 7.18. The summed E-state index contributed by atoms with van der Waals surface area (Å²) in [5, 5.41) is 1.44. The van der Waals surface area contributed by atoms with E-state index >= 15 is 0 Å². The van der Waals surface area contributed by atoms with Gasteiger partial charge in [0.15, 0.2) is 0 Å². The van der Waals surface area contributed by atoms with Crippen LogP contribution >= 0.6 is 22.9 Å². The Labute approximate surface area is 155 Å². The molecule has 1 aliphatic heterocycles. The molecule has 3 heterocycles. The van der Waals surface area contributed by atoms with E-state index in [0.717, 1.165) is 46.9 Å². The first-order chi connectivity index (χ1) is 12.2. The minimum absolute atomic E-state index is 0.00105. The molecule has 0 atom stereocenters. The van der Waals surface area contributed by atoms with Crippen LogP contribution in [0.15, 0.2) is 48.8 Å². The number of benzene rings is 1. The third kappa shape index (κ3) is 3.30. The van der Waals surface area contributed by atoms with E-state index in [2.05, 4.69) is 9.97 Å². The first-order valence-corrected chi connectivity index (χ1v) is 9.38. The minimum Gasteiger partial charge on any atom is -0.337 e. The van der Waals surface area contributed by atoms with Crippen molar-refractivity contribution in [3.05, 3.63) is 59.5 Å². The molecule has 0 bridgehead atoms. The predicted molar refractivity (Wildman–Crippen MR) is 101 cm³/mol. The van der Waals surface area contributed by atoms with Crippen molar-refractivity contribution in [2.45, 2.75) is 12.8 Å². The molecular formula is C19H16ClN3OS. The van der Waals surface area contributed by atoms with Crippen molar-refractivity contribution < 1.29 is 4.79 Å². The summed E-state index contributed by atoms with van der Waals surface area (Å²) in [5.74, 6) is -0.00105. The molecule has 2 aromatic heterocycles. The van der Waals surface area contributed by atoms with Crippen LogP contribution in [0, 0.1) is 0 Å². The molecule has 1 aromatic carbocycles. The average molecular weight is 370 g/mol. The van der Waals surface area contributed by atoms with Crippen molar-refractivity contribution in [3.63, 3.8) is 0 Å². The summed E-state index contributed by atoms with van der Waals surface area (Å²) in [6, 6.07) is 11.4. The second kappa shape index (κ2) is 6.94. The molecule has 0 unspecified atom stereocenters. The normalized spacial score (nSPS) is 14.0. The molecule has 1 fully saturated rings. The number of hydrogen-bond acceptors (Lipinski definition) is 4. The van der Waals surface area contributed by atoms with Gasteiger partial charge in [0, 0.05) is 36.1 Å². The molecule has 1 aliphatic rings. The summed E-state index contributed by atoms with van der Waals surface area (Å²) in [5.41, 5.74) is 2.34. The second-order valence-electron chi connectivity index (χ2n) is 5.95. The smallest absolute Gasteiger partial charge is 0.274 e. The lowest BCUT2D eigenvalue weighted by Crippen LogP contribution is -2.28. The Kier molecular flexibility index (Phi) is 4.51. The molecule has 1 amide bonds. The van der Waals surface area contributed by atoms with Crippen LogP contribution in [0.3, 0.4) is 0 Å². The molecule has 0 N–H and O–H groups in total. The van der Waals surface area contributed by atoms with Crippen LogP contribution in [0.1, 0.15) is 23.3 Å². The van der Waals surface area contributed by atoms with Crippen molar-refractivity contribution in [3.8, 4) is 21.0 Å². The molecule has 1 saturated heterocycles. The Hall–Kier alpha value is -2.24. The van der Waals surface area contributed by atoms with Gasteiger partial charge in [-0.2, -0.15) is 0 Å². The Morgan fingerprint density at radius 3 is 2.64 bits per heavy atom. The summed E-state index contributed by atoms with van der Waals surface area (Å²) in [6.45, 7) is 1.60. The lowest BCUT2D eigenvalue weighted by Gasteiger charge is -2.14. The fourth-order valence-electron chi connectivity index (χ4n) is 2.97. The van der Waals surface area contributed by atoms with Gasteiger partial charge in [-0.15, -0.1) is 11.3 Å². The number of likely N-dealkylation sites (tertiary alicyclic amines) is 1. The van der Waals surface area contributed by atoms with Crippen LogP contribution in [0.4, 0.5) is 0 Å². The number of thiazole rings is 1. The fraction of sp³-hybridized carbons (Fsp3) is 0.211. The van der Waals surface area contributed by atoms with Crippen molar-refractivity contribution >= 4 is 28.8 Å². The van der Waals surface area contributed by atoms with Crippen molar-refractivity contribution in [1.29, 1.82) is 0 Å². The highest BCUT2D eigenvalue weighted by atomic mass is 35.5. The third-order valence-electron chi connectivity index (χ3n) is 4.22. The summed E-state index contributed by atoms with van der Waals surface area (Å²) in [4.78, 5) is 24.6. The molecule has 25 heavy (non-hydrogen) atoms. The van der Waals surface area contributed by atoms with E-state index in [1.54, 1.807) is 12.4 Å². The SMILES string of the molecule is O=C(c1nc(-c2cccnc2)sc1-c1cccc(Cl)c1)N1CCCC1. The third-order valence-corrected chi connectivity index (χ3v) is 5.61. The van der Waals surface area contributed by atoms with Gasteiger partial charge in [-0.05, 0) is 42.7 Å². The molecule has 4 nitrogen and oxygen atoms in total. The first-order valence-electron chi connectivity index (χ1n) is 8.19. The lowest BCUT2D eigenvalue weighted by atomic mass is 10.1. The molecule has 6 heteroatoms. The maximum atomic E-state index is 13.0. The van der Waals surface area contributed by atoms with Crippen molar-refractivity contribution in [1.82, 2.24) is 14.9 Å². The molecule has 3 aromatic rings. The van der Waals surface area contributed by atoms with E-state index in [1.165, 1.54) is 11.3 Å². The van der Waals surface area contributed by atoms with Crippen LogP contribution in [0.25, 0.3) is 21.0 Å². The number of pyridine rings is 1. The highest BCUT2D eigenvalue weighted by Gasteiger charge is 2.26. The zero-order chi connectivity index (χ0) is 17.2. The van der Waals surface area contributed by atoms with Gasteiger partial charge in [-0.25, -0.2) is 4.98 Å². The number of aromatic nitrogens is 2. The van der Waals surface area contributed by atoms with Crippen molar-refractivity contribution in [2.24, 2.45) is 0 Å². The van der Waals surface area contributed by atoms with Crippen molar-refractivity contribution in [2.75, 3.05) is 13.1 Å². The number of rotatable bonds is 3. The quantitative estimate of drug-likeness (QED) is 0.668. The van der Waals surface area contributed by atoms with Crippen LogP contribution in [0.5, 0.6) is 0 Å². The van der Waals surface area contributed by atoms with E-state index in [-0.39, 0.29) is 5.91 Å². The molecule has 0 saturated carbocycles. The monoisotopic (exact) mass is 369 g/mol. The van der Waals surface area contributed by atoms with Gasteiger partial charge in [0.2, 0.25) is 0 Å². The number of hydrogen-bond donors (Lipinski definition) is 0. The number of amides is 1. The van der Waals surface area contributed by atoms with Gasteiger partial charge in [0.25, 0.3) is 5.91 Å². The molecule has 4 rings (SSSR count). The largest absolute Gasteiger partial charge is 0.337 e. The lowest BCUT2D eigenvalue weighted by molar-refractivity contribution is 0.0788. The van der Waals surface area contributed by atoms with Gasteiger partial charge in [0.1, 0.15) is 10.7 Å². The average Bonchev–Trinajstić information content (AvgIpc) is 3.32. The van der Waals surface area contributed by atoms with Gasteiger partial charge in [0.05, 0.1) is 4.88 Å². The Balaban J connectivity index is 1.82. The first kappa shape index (κ1) is 16.2. The molecule has 0 radical (unpaired) electrons. The van der Waals surface area contributed by atoms with Gasteiger partial charge >= 0.3 is 0 Å². The fourth-order valence-corrected chi connectivity index (χ4v) is 4.21. The van der Waals surface area contributed by atoms with E-state index in [0.29, 0.717) is 10.7 Å². The minimum atomic E-state index is -0.00105. The predicted octanol–water partition coefficient (Wildman–Crippen LogP) is 4.76. The van der Waals surface area contributed by atoms with Crippen LogP contribution in [-0.2, 0) is 0 Å². The maximum Gasteiger partial charge on any atom is 0.274 e. The van der Waals surface area contributed by atoms with E-state index in [9.17, 15) is 4.79 Å². The second-order valence-corrected chi connectivity index (χ2v) is 7.38. The van der Waals surface area contributed by atoms with Crippen LogP contribution in [0.2, 0.25) is 5.02 Å². The summed E-state index contributed by atoms with van der Waals surface area (Å²) >= 11 is 7.66. The summed E-state index contributed by atoms with van der Waals surface area (Å²) in [6.07, 6.45) is 5.60. The standard InChI is InChI=1S/C19H16ClN3OS/c20-15-7-3-5-13(11-15)17-16(19(24)23-9-1-2-10-23)22-18(25-17)14-6-4-8-21-12-14/h3-8,11-12H,1-2,9-10H2. The number of carbonyl (C=O) groups is 1. The van der Waals surface area contributed by atoms with Gasteiger partial charge in [-0.3, -0.25) is 9.78 Å². The molecule has 126 valence electrons. The number of halogens is 1. The van der Waals surface area contributed by atoms with Gasteiger partial charge < -0.3 is 4.90 Å². The maximum absolute atomic E-state index is 13.0. The number of carbonyl (C=O) groups excluding carboxylic acids is 1. The van der Waals surface area contributed by atoms with E-state index in [4.69, 9.17) is 11.6 Å². The Bertz CT molecular complexity index is 904. The molecule has 0 spiro atoms. The van der Waals surface area contributed by atoms with E-state index in [1.807, 2.05) is 41.3 Å². The van der Waals surface area contributed by atoms with E-state index < -0.39 is 0 Å². The summed E-state index contributed by atoms with van der Waals surface area (Å²) in [7, 11) is 0. The van der Waals surface area contributed by atoms with Crippen LogP contribution < -0.4 is 0 Å². The highest BCUT2D eigenvalue weighted by Crippen LogP contribution is 2.37. The topological polar surface area (TPSA) is 46.1 Å². The van der Waals surface area contributed by atoms with Gasteiger partial charge in [-0.1, -0.05) is 23.7 Å². The zero-order valence-electron chi connectivity index (χ0n) is 13.5. The summed E-state index contributed by atoms with van der Waals surface area (Å²) < 4.78 is 0. The Morgan fingerprint density at radius 1 is 1.12 bits per heavy atom.